The van der Waals surface area contributed by atoms with Gasteiger partial charge in [-0.15, -0.1) is 0 Å². The summed E-state index contributed by atoms with van der Waals surface area (Å²) in [6.07, 6.45) is 0.832. The Morgan fingerprint density at radius 3 is 2.17 bits per heavy atom. The van der Waals surface area contributed by atoms with Gasteiger partial charge in [0.15, 0.2) is 5.78 Å². The van der Waals surface area contributed by atoms with Gasteiger partial charge >= 0.3 is 0 Å². The van der Waals surface area contributed by atoms with E-state index in [4.69, 9.17) is 14.2 Å². The van der Waals surface area contributed by atoms with Crippen LogP contribution in [0.4, 0.5) is 0 Å². The first kappa shape index (κ1) is 17.7. The smallest absolute Gasteiger partial charge is 0.170 e. The number of phenols is 1. The van der Waals surface area contributed by atoms with E-state index in [1.165, 1.54) is 14.2 Å². The number of phenolic OH excluding ortho intramolecular Hbond substituents is 1. The number of ether oxygens (including phenoxy) is 3. The number of rotatable bonds is 7. The molecular weight excluding hydrogens is 308 g/mol. The van der Waals surface area contributed by atoms with Gasteiger partial charge in [-0.1, -0.05) is 12.1 Å². The summed E-state index contributed by atoms with van der Waals surface area (Å²) in [5.41, 5.74) is 1.74. The van der Waals surface area contributed by atoms with Crippen LogP contribution in [0.1, 0.15) is 27.9 Å². The maximum absolute atomic E-state index is 12.6. The molecule has 128 valence electrons. The number of aryl methyl sites for hydroxylation is 1. The lowest BCUT2D eigenvalue weighted by Crippen LogP contribution is -2.06. The molecule has 2 rings (SSSR count). The van der Waals surface area contributed by atoms with E-state index in [9.17, 15) is 9.90 Å². The maximum Gasteiger partial charge on any atom is 0.170 e. The molecule has 0 spiro atoms. The molecule has 0 amide bonds. The third kappa shape index (κ3) is 3.62. The molecule has 0 aliphatic rings. The van der Waals surface area contributed by atoms with E-state index < -0.39 is 0 Å². The zero-order valence-corrected chi connectivity index (χ0v) is 14.4. The summed E-state index contributed by atoms with van der Waals surface area (Å²) in [7, 11) is 4.58. The quantitative estimate of drug-likeness (QED) is 0.787. The average Bonchev–Trinajstić information content (AvgIpc) is 2.62. The Morgan fingerprint density at radius 2 is 1.62 bits per heavy atom. The summed E-state index contributed by atoms with van der Waals surface area (Å²) in [6, 6.07) is 9.17. The number of hydrogen-bond donors (Lipinski definition) is 1. The van der Waals surface area contributed by atoms with E-state index in [2.05, 4.69) is 0 Å². The van der Waals surface area contributed by atoms with Gasteiger partial charge < -0.3 is 19.3 Å². The van der Waals surface area contributed by atoms with E-state index in [1.807, 2.05) is 24.3 Å². The van der Waals surface area contributed by atoms with Crippen molar-refractivity contribution >= 4 is 5.78 Å². The fourth-order valence-corrected chi connectivity index (χ4v) is 2.54. The zero-order valence-electron chi connectivity index (χ0n) is 14.4. The number of aromatic hydroxyl groups is 1. The van der Waals surface area contributed by atoms with E-state index in [-0.39, 0.29) is 23.5 Å². The highest BCUT2D eigenvalue weighted by Crippen LogP contribution is 2.38. The first-order valence-electron chi connectivity index (χ1n) is 7.62. The summed E-state index contributed by atoms with van der Waals surface area (Å²) in [6.45, 7) is 1.70. The van der Waals surface area contributed by atoms with Crippen LogP contribution in [0.25, 0.3) is 0 Å². The predicted octanol–water partition coefficient (Wildman–Crippen LogP) is 3.54. The van der Waals surface area contributed by atoms with Gasteiger partial charge in [0.2, 0.25) is 0 Å². The number of methoxy groups -OCH3 is 3. The van der Waals surface area contributed by atoms with Gasteiger partial charge in [-0.05, 0) is 31.0 Å². The largest absolute Gasteiger partial charge is 0.507 e. The number of ketones is 1. The summed E-state index contributed by atoms with van der Waals surface area (Å²) in [5.74, 6) is 1.30. The molecule has 0 radical (unpaired) electrons. The van der Waals surface area contributed by atoms with Crippen molar-refractivity contribution < 1.29 is 24.1 Å². The number of Topliss-reactive ketones (excluding diaryl/α,β-unsaturated/α-hetero) is 1. The van der Waals surface area contributed by atoms with Crippen molar-refractivity contribution in [2.75, 3.05) is 21.3 Å². The van der Waals surface area contributed by atoms with Crippen LogP contribution in [0.15, 0.2) is 30.3 Å². The molecular formula is C19H22O5. The number of carbonyl (C=O) groups is 1. The molecule has 0 aromatic heterocycles. The van der Waals surface area contributed by atoms with Crippen LogP contribution in [-0.4, -0.2) is 32.2 Å². The minimum absolute atomic E-state index is 0.0917. The molecule has 0 saturated carbocycles. The Bertz CT molecular complexity index is 720. The van der Waals surface area contributed by atoms with Crippen LogP contribution in [0, 0.1) is 6.92 Å². The van der Waals surface area contributed by atoms with Gasteiger partial charge in [0.1, 0.15) is 28.6 Å². The van der Waals surface area contributed by atoms with Crippen LogP contribution >= 0.6 is 0 Å². The Balaban J connectivity index is 2.21. The molecule has 0 unspecified atom stereocenters. The molecule has 0 aliphatic heterocycles. The molecule has 2 aromatic carbocycles. The van der Waals surface area contributed by atoms with Crippen molar-refractivity contribution in [1.29, 1.82) is 0 Å². The fourth-order valence-electron chi connectivity index (χ4n) is 2.54. The molecule has 5 heteroatoms. The first-order valence-corrected chi connectivity index (χ1v) is 7.62. The Kier molecular flexibility index (Phi) is 5.68. The lowest BCUT2D eigenvalue weighted by atomic mass is 9.98. The standard InChI is InChI=1S/C19H22O5/c1-12-16(23-3)11-17(24-4)18(19(12)21)15(20)10-7-13-5-8-14(22-2)9-6-13/h5-6,8-9,11,21H,7,10H2,1-4H3. The third-order valence-electron chi connectivity index (χ3n) is 3.99. The third-order valence-corrected chi connectivity index (χ3v) is 3.99. The minimum Gasteiger partial charge on any atom is -0.507 e. The summed E-state index contributed by atoms with van der Waals surface area (Å²) in [4.78, 5) is 12.6. The predicted molar refractivity (Wildman–Crippen MR) is 91.6 cm³/mol. The molecule has 0 fully saturated rings. The van der Waals surface area contributed by atoms with Gasteiger partial charge in [-0.25, -0.2) is 0 Å². The summed E-state index contributed by atoms with van der Waals surface area (Å²) >= 11 is 0. The van der Waals surface area contributed by atoms with Crippen LogP contribution < -0.4 is 14.2 Å². The van der Waals surface area contributed by atoms with Crippen LogP contribution in [0.3, 0.4) is 0 Å². The maximum atomic E-state index is 12.6. The van der Waals surface area contributed by atoms with Crippen molar-refractivity contribution in [3.63, 3.8) is 0 Å². The Hall–Kier alpha value is -2.69. The van der Waals surface area contributed by atoms with Crippen molar-refractivity contribution in [2.24, 2.45) is 0 Å². The minimum atomic E-state index is -0.175. The second-order valence-electron chi connectivity index (χ2n) is 5.40. The topological polar surface area (TPSA) is 65.0 Å². The second kappa shape index (κ2) is 7.73. The van der Waals surface area contributed by atoms with E-state index >= 15 is 0 Å². The molecule has 1 N–H and O–H groups in total. The van der Waals surface area contributed by atoms with Gasteiger partial charge in [0, 0.05) is 18.1 Å². The number of benzene rings is 2. The molecule has 5 nitrogen and oxygen atoms in total. The van der Waals surface area contributed by atoms with E-state index in [0.29, 0.717) is 23.5 Å². The zero-order chi connectivity index (χ0) is 17.7. The highest BCUT2D eigenvalue weighted by molar-refractivity contribution is 6.02. The lowest BCUT2D eigenvalue weighted by molar-refractivity contribution is 0.0977. The highest BCUT2D eigenvalue weighted by Gasteiger charge is 2.22. The van der Waals surface area contributed by atoms with Crippen LogP contribution in [0.2, 0.25) is 0 Å². The first-order chi connectivity index (χ1) is 11.5. The Morgan fingerprint density at radius 1 is 1.00 bits per heavy atom. The van der Waals surface area contributed by atoms with E-state index in [0.717, 1.165) is 11.3 Å². The molecule has 0 atom stereocenters. The van der Waals surface area contributed by atoms with Gasteiger partial charge in [0.25, 0.3) is 0 Å². The van der Waals surface area contributed by atoms with Crippen molar-refractivity contribution in [3.05, 3.63) is 47.0 Å². The van der Waals surface area contributed by atoms with Crippen LogP contribution in [0.5, 0.6) is 23.0 Å². The lowest BCUT2D eigenvalue weighted by Gasteiger charge is -2.15. The van der Waals surface area contributed by atoms with Crippen molar-refractivity contribution in [2.45, 2.75) is 19.8 Å². The van der Waals surface area contributed by atoms with Gasteiger partial charge in [-0.3, -0.25) is 4.79 Å². The van der Waals surface area contributed by atoms with Crippen molar-refractivity contribution in [1.82, 2.24) is 0 Å². The molecule has 24 heavy (non-hydrogen) atoms. The Labute approximate surface area is 141 Å². The average molecular weight is 330 g/mol. The molecule has 0 aliphatic carbocycles. The highest BCUT2D eigenvalue weighted by atomic mass is 16.5. The second-order valence-corrected chi connectivity index (χ2v) is 5.40. The molecule has 0 saturated heterocycles. The summed E-state index contributed by atoms with van der Waals surface area (Å²) in [5, 5.41) is 10.4. The van der Waals surface area contributed by atoms with Gasteiger partial charge in [-0.2, -0.15) is 0 Å². The normalized spacial score (nSPS) is 10.3. The summed E-state index contributed by atoms with van der Waals surface area (Å²) < 4.78 is 15.6. The monoisotopic (exact) mass is 330 g/mol. The van der Waals surface area contributed by atoms with Crippen molar-refractivity contribution in [3.8, 4) is 23.0 Å². The van der Waals surface area contributed by atoms with E-state index in [1.54, 1.807) is 20.1 Å². The molecule has 0 bridgehead atoms. The molecule has 2 aromatic rings. The number of carbonyl (C=O) groups excluding carboxylic acids is 1. The number of hydrogen-bond acceptors (Lipinski definition) is 5. The van der Waals surface area contributed by atoms with Crippen LogP contribution in [-0.2, 0) is 6.42 Å². The fraction of sp³-hybridized carbons (Fsp3) is 0.316. The van der Waals surface area contributed by atoms with Gasteiger partial charge in [0.05, 0.1) is 21.3 Å². The SMILES string of the molecule is COc1ccc(CCC(=O)c2c(OC)cc(OC)c(C)c2O)cc1. The molecule has 0 heterocycles.